The molecule has 1 unspecified atom stereocenters. The van der Waals surface area contributed by atoms with Gasteiger partial charge in [0.25, 0.3) is 5.69 Å². The van der Waals surface area contributed by atoms with E-state index in [4.69, 9.17) is 0 Å². The average molecular weight is 405 g/mol. The zero-order chi connectivity index (χ0) is 21.5. The van der Waals surface area contributed by atoms with Crippen LogP contribution in [0.2, 0.25) is 0 Å². The van der Waals surface area contributed by atoms with Crippen LogP contribution in [0.1, 0.15) is 43.4 Å². The standard InChI is InChI=1S/C23H23N3O4/c1-2-3-11-21(27)25-19(13-12-16-8-5-4-6-9-16)18-15-20(26(29)30)17-10-7-14-24-22(17)23(18)28/h4-10,12-15,19,28H,2-3,11H2,1H3,(H,25,27). The maximum absolute atomic E-state index is 12.4. The molecule has 1 heterocycles. The van der Waals surface area contributed by atoms with Crippen LogP contribution in [0, 0.1) is 10.1 Å². The van der Waals surface area contributed by atoms with Gasteiger partial charge in [0.15, 0.2) is 0 Å². The molecule has 0 aliphatic rings. The lowest BCUT2D eigenvalue weighted by molar-refractivity contribution is -0.383. The molecule has 30 heavy (non-hydrogen) atoms. The fourth-order valence-corrected chi connectivity index (χ4v) is 3.20. The number of carbonyl (C=O) groups is 1. The molecule has 2 aromatic carbocycles. The van der Waals surface area contributed by atoms with E-state index in [0.29, 0.717) is 6.42 Å². The number of hydrogen-bond acceptors (Lipinski definition) is 5. The highest BCUT2D eigenvalue weighted by atomic mass is 16.6. The summed E-state index contributed by atoms with van der Waals surface area (Å²) in [6, 6.07) is 13.1. The minimum Gasteiger partial charge on any atom is -0.505 e. The lowest BCUT2D eigenvalue weighted by atomic mass is 9.99. The summed E-state index contributed by atoms with van der Waals surface area (Å²) in [5.41, 5.74) is 1.08. The van der Waals surface area contributed by atoms with E-state index in [2.05, 4.69) is 10.3 Å². The maximum Gasteiger partial charge on any atom is 0.279 e. The number of nitrogens with one attached hydrogen (secondary N) is 1. The molecule has 3 rings (SSSR count). The van der Waals surface area contributed by atoms with Gasteiger partial charge in [-0.25, -0.2) is 0 Å². The van der Waals surface area contributed by atoms with Crippen LogP contribution in [-0.4, -0.2) is 20.9 Å². The Balaban J connectivity index is 2.08. The van der Waals surface area contributed by atoms with Crippen molar-refractivity contribution in [1.82, 2.24) is 10.3 Å². The molecule has 7 nitrogen and oxygen atoms in total. The van der Waals surface area contributed by atoms with E-state index in [1.165, 1.54) is 12.3 Å². The Labute approximate surface area is 174 Å². The van der Waals surface area contributed by atoms with Crippen LogP contribution in [0.5, 0.6) is 5.75 Å². The van der Waals surface area contributed by atoms with Gasteiger partial charge >= 0.3 is 0 Å². The van der Waals surface area contributed by atoms with E-state index < -0.39 is 11.0 Å². The highest BCUT2D eigenvalue weighted by molar-refractivity contribution is 5.93. The number of phenols is 1. The second-order valence-electron chi connectivity index (χ2n) is 6.91. The Morgan fingerprint density at radius 2 is 2.03 bits per heavy atom. The Hall–Kier alpha value is -3.74. The van der Waals surface area contributed by atoms with Crippen LogP contribution in [0.4, 0.5) is 5.69 Å². The quantitative estimate of drug-likeness (QED) is 0.409. The summed E-state index contributed by atoms with van der Waals surface area (Å²) in [6.45, 7) is 1.99. The molecule has 1 aromatic heterocycles. The SMILES string of the molecule is CCCCC(=O)NC(C=Cc1ccccc1)c1cc([N+](=O)[O-])c2cccnc2c1O. The summed E-state index contributed by atoms with van der Waals surface area (Å²) < 4.78 is 0. The minimum absolute atomic E-state index is 0.127. The molecule has 0 radical (unpaired) electrons. The summed E-state index contributed by atoms with van der Waals surface area (Å²) in [7, 11) is 0. The predicted molar refractivity (Wildman–Crippen MR) is 116 cm³/mol. The normalized spacial score (nSPS) is 12.2. The monoisotopic (exact) mass is 405 g/mol. The summed E-state index contributed by atoms with van der Waals surface area (Å²) in [4.78, 5) is 27.7. The Morgan fingerprint density at radius 3 is 2.73 bits per heavy atom. The number of aromatic nitrogens is 1. The van der Waals surface area contributed by atoms with Gasteiger partial charge in [-0.1, -0.05) is 55.8 Å². The van der Waals surface area contributed by atoms with Crippen molar-refractivity contribution in [2.45, 2.75) is 32.2 Å². The lowest BCUT2D eigenvalue weighted by Crippen LogP contribution is -2.27. The van der Waals surface area contributed by atoms with E-state index in [-0.39, 0.29) is 33.8 Å². The third kappa shape index (κ3) is 4.81. The molecule has 3 aromatic rings. The number of unbranched alkanes of at least 4 members (excludes halogenated alkanes) is 1. The Morgan fingerprint density at radius 1 is 1.27 bits per heavy atom. The van der Waals surface area contributed by atoms with E-state index >= 15 is 0 Å². The molecule has 0 bridgehead atoms. The molecule has 154 valence electrons. The van der Waals surface area contributed by atoms with Gasteiger partial charge in [0.2, 0.25) is 5.91 Å². The van der Waals surface area contributed by atoms with Gasteiger partial charge in [0.1, 0.15) is 11.3 Å². The predicted octanol–water partition coefficient (Wildman–Crippen LogP) is 4.91. The topological polar surface area (TPSA) is 105 Å². The number of nitro groups is 1. The third-order valence-corrected chi connectivity index (χ3v) is 4.76. The van der Waals surface area contributed by atoms with Crippen LogP contribution in [0.15, 0.2) is 60.8 Å². The number of pyridine rings is 1. The number of aromatic hydroxyl groups is 1. The largest absolute Gasteiger partial charge is 0.505 e. The minimum atomic E-state index is -0.750. The molecule has 0 aliphatic heterocycles. The third-order valence-electron chi connectivity index (χ3n) is 4.76. The zero-order valence-corrected chi connectivity index (χ0v) is 16.6. The molecule has 0 aliphatic carbocycles. The first kappa shape index (κ1) is 21.0. The fourth-order valence-electron chi connectivity index (χ4n) is 3.20. The maximum atomic E-state index is 12.4. The average Bonchev–Trinajstić information content (AvgIpc) is 2.76. The molecule has 1 atom stereocenters. The van der Waals surface area contributed by atoms with Crippen molar-refractivity contribution in [3.8, 4) is 5.75 Å². The highest BCUT2D eigenvalue weighted by Crippen LogP contribution is 2.38. The van der Waals surface area contributed by atoms with E-state index in [0.717, 1.165) is 18.4 Å². The van der Waals surface area contributed by atoms with Crippen molar-refractivity contribution >= 4 is 28.6 Å². The number of phenolic OH excluding ortho intramolecular Hbond substituents is 1. The van der Waals surface area contributed by atoms with Gasteiger partial charge in [-0.15, -0.1) is 0 Å². The first-order valence-corrected chi connectivity index (χ1v) is 9.79. The van der Waals surface area contributed by atoms with Crippen LogP contribution in [-0.2, 0) is 4.79 Å². The van der Waals surface area contributed by atoms with Gasteiger partial charge in [0, 0.05) is 24.2 Å². The lowest BCUT2D eigenvalue weighted by Gasteiger charge is -2.18. The number of nitrogens with zero attached hydrogens (tertiary/aromatic N) is 2. The number of rotatable bonds is 8. The zero-order valence-electron chi connectivity index (χ0n) is 16.6. The summed E-state index contributed by atoms with van der Waals surface area (Å²) in [5.74, 6) is -0.377. The number of nitro benzene ring substituents is 1. The summed E-state index contributed by atoms with van der Waals surface area (Å²) in [5, 5.41) is 25.6. The van der Waals surface area contributed by atoms with Crippen molar-refractivity contribution < 1.29 is 14.8 Å². The smallest absolute Gasteiger partial charge is 0.279 e. The van der Waals surface area contributed by atoms with Crippen LogP contribution in [0.25, 0.3) is 17.0 Å². The number of carbonyl (C=O) groups excluding carboxylic acids is 1. The number of non-ortho nitro benzene ring substituents is 1. The van der Waals surface area contributed by atoms with Gasteiger partial charge in [-0.3, -0.25) is 19.9 Å². The first-order chi connectivity index (χ1) is 14.5. The van der Waals surface area contributed by atoms with Crippen LogP contribution >= 0.6 is 0 Å². The molecule has 0 saturated carbocycles. The molecular weight excluding hydrogens is 382 g/mol. The van der Waals surface area contributed by atoms with Gasteiger partial charge in [-0.05, 0) is 24.1 Å². The second kappa shape index (κ2) is 9.65. The number of amides is 1. The molecule has 0 spiro atoms. The molecule has 7 heteroatoms. The summed E-state index contributed by atoms with van der Waals surface area (Å²) >= 11 is 0. The van der Waals surface area contributed by atoms with Crippen LogP contribution in [0.3, 0.4) is 0 Å². The molecule has 0 saturated heterocycles. The fraction of sp³-hybridized carbons (Fsp3) is 0.217. The molecule has 2 N–H and O–H groups in total. The highest BCUT2D eigenvalue weighted by Gasteiger charge is 2.24. The Bertz CT molecular complexity index is 1080. The van der Waals surface area contributed by atoms with Crippen molar-refractivity contribution in [3.63, 3.8) is 0 Å². The summed E-state index contributed by atoms with van der Waals surface area (Å²) in [6.07, 6.45) is 6.91. The number of benzene rings is 2. The van der Waals surface area contributed by atoms with Gasteiger partial charge in [0.05, 0.1) is 16.4 Å². The molecule has 1 amide bonds. The van der Waals surface area contributed by atoms with Crippen LogP contribution < -0.4 is 5.32 Å². The van der Waals surface area contributed by atoms with Gasteiger partial charge in [-0.2, -0.15) is 0 Å². The van der Waals surface area contributed by atoms with Crippen molar-refractivity contribution in [2.75, 3.05) is 0 Å². The van der Waals surface area contributed by atoms with E-state index in [1.54, 1.807) is 24.3 Å². The van der Waals surface area contributed by atoms with E-state index in [1.807, 2.05) is 37.3 Å². The number of hydrogen-bond donors (Lipinski definition) is 2. The Kier molecular flexibility index (Phi) is 6.75. The van der Waals surface area contributed by atoms with Crippen molar-refractivity contribution in [3.05, 3.63) is 82.0 Å². The first-order valence-electron chi connectivity index (χ1n) is 9.79. The van der Waals surface area contributed by atoms with E-state index in [9.17, 15) is 20.0 Å². The van der Waals surface area contributed by atoms with Gasteiger partial charge < -0.3 is 10.4 Å². The molecule has 0 fully saturated rings. The van der Waals surface area contributed by atoms with Crippen molar-refractivity contribution in [1.29, 1.82) is 0 Å². The second-order valence-corrected chi connectivity index (χ2v) is 6.91. The van der Waals surface area contributed by atoms with Crippen molar-refractivity contribution in [2.24, 2.45) is 0 Å². The number of fused-ring (bicyclic) bond motifs is 1. The molecular formula is C23H23N3O4.